The quantitative estimate of drug-likeness (QED) is 0.847. The summed E-state index contributed by atoms with van der Waals surface area (Å²) in [5.41, 5.74) is 1.40. The second-order valence-electron chi connectivity index (χ2n) is 4.76. The van der Waals surface area contributed by atoms with E-state index in [0.29, 0.717) is 23.1 Å². The highest BCUT2D eigenvalue weighted by atomic mass is 16.5. The highest BCUT2D eigenvalue weighted by Crippen LogP contribution is 2.43. The average Bonchev–Trinajstić information content (AvgIpc) is 2.49. The Bertz CT molecular complexity index is 644. The zero-order valence-corrected chi connectivity index (χ0v) is 12.3. The van der Waals surface area contributed by atoms with E-state index in [0.717, 1.165) is 0 Å². The Morgan fingerprint density at radius 1 is 1.14 bits per heavy atom. The number of methoxy groups -OCH3 is 1. The van der Waals surface area contributed by atoms with Crippen LogP contribution in [0.15, 0.2) is 30.3 Å². The monoisotopic (exact) mass is 286 g/mol. The van der Waals surface area contributed by atoms with Gasteiger partial charge in [-0.15, -0.1) is 0 Å². The molecule has 0 bridgehead atoms. The SMILES string of the molecule is CCc1c(O)c(OC)c(C)c(C(=O)c2ccccc2)c1O. The van der Waals surface area contributed by atoms with E-state index in [9.17, 15) is 15.0 Å². The maximum atomic E-state index is 12.6. The maximum absolute atomic E-state index is 12.6. The van der Waals surface area contributed by atoms with Crippen LogP contribution >= 0.6 is 0 Å². The highest BCUT2D eigenvalue weighted by Gasteiger charge is 2.25. The second kappa shape index (κ2) is 5.87. The van der Waals surface area contributed by atoms with E-state index >= 15 is 0 Å². The molecule has 2 aromatic rings. The third kappa shape index (κ3) is 2.44. The lowest BCUT2D eigenvalue weighted by Gasteiger charge is -2.17. The van der Waals surface area contributed by atoms with Gasteiger partial charge >= 0.3 is 0 Å². The molecule has 2 N–H and O–H groups in total. The molecule has 0 saturated carbocycles. The summed E-state index contributed by atoms with van der Waals surface area (Å²) < 4.78 is 5.19. The summed E-state index contributed by atoms with van der Waals surface area (Å²) in [6.45, 7) is 3.44. The molecule has 4 nitrogen and oxygen atoms in total. The number of phenolic OH excluding ortho intramolecular Hbond substituents is 2. The Balaban J connectivity index is 2.72. The number of ketones is 1. The molecule has 0 spiro atoms. The molecule has 0 radical (unpaired) electrons. The van der Waals surface area contributed by atoms with Crippen molar-refractivity contribution in [2.75, 3.05) is 7.11 Å². The molecule has 0 fully saturated rings. The minimum absolute atomic E-state index is 0.111. The number of aromatic hydroxyl groups is 2. The van der Waals surface area contributed by atoms with Crippen LogP contribution in [0.1, 0.15) is 34.0 Å². The molecule has 0 amide bonds. The summed E-state index contributed by atoms with van der Waals surface area (Å²) in [5.74, 6) is -0.357. The fourth-order valence-electron chi connectivity index (χ4n) is 2.47. The van der Waals surface area contributed by atoms with Gasteiger partial charge in [0.05, 0.1) is 12.7 Å². The Labute approximate surface area is 123 Å². The fourth-order valence-corrected chi connectivity index (χ4v) is 2.47. The van der Waals surface area contributed by atoms with Crippen molar-refractivity contribution >= 4 is 5.78 Å². The number of carbonyl (C=O) groups is 1. The first-order valence-electron chi connectivity index (χ1n) is 6.74. The molecule has 0 unspecified atom stereocenters. The van der Waals surface area contributed by atoms with Crippen LogP contribution in [-0.4, -0.2) is 23.1 Å². The number of carbonyl (C=O) groups excluding carboxylic acids is 1. The van der Waals surface area contributed by atoms with Crippen LogP contribution in [0.4, 0.5) is 0 Å². The van der Waals surface area contributed by atoms with Gasteiger partial charge in [0.25, 0.3) is 0 Å². The first-order chi connectivity index (χ1) is 10.0. The molecule has 0 aliphatic carbocycles. The summed E-state index contributed by atoms with van der Waals surface area (Å²) in [6, 6.07) is 8.71. The van der Waals surface area contributed by atoms with E-state index in [2.05, 4.69) is 0 Å². The van der Waals surface area contributed by atoms with Crippen molar-refractivity contribution in [2.45, 2.75) is 20.3 Å². The first-order valence-corrected chi connectivity index (χ1v) is 6.74. The van der Waals surface area contributed by atoms with Crippen LogP contribution in [0.3, 0.4) is 0 Å². The Morgan fingerprint density at radius 3 is 2.29 bits per heavy atom. The summed E-state index contributed by atoms with van der Waals surface area (Å²) in [4.78, 5) is 12.6. The number of rotatable bonds is 4. The lowest BCUT2D eigenvalue weighted by molar-refractivity contribution is 0.103. The molecule has 0 saturated heterocycles. The second-order valence-corrected chi connectivity index (χ2v) is 4.76. The number of hydrogen-bond donors (Lipinski definition) is 2. The predicted octanol–water partition coefficient (Wildman–Crippen LogP) is 3.21. The smallest absolute Gasteiger partial charge is 0.197 e. The molecule has 21 heavy (non-hydrogen) atoms. The Kier molecular flexibility index (Phi) is 4.17. The van der Waals surface area contributed by atoms with Gasteiger partial charge < -0.3 is 14.9 Å². The van der Waals surface area contributed by atoms with Gasteiger partial charge in [0.15, 0.2) is 17.3 Å². The maximum Gasteiger partial charge on any atom is 0.197 e. The Morgan fingerprint density at radius 2 is 1.76 bits per heavy atom. The molecular weight excluding hydrogens is 268 g/mol. The molecule has 2 aromatic carbocycles. The van der Waals surface area contributed by atoms with Gasteiger partial charge in [-0.2, -0.15) is 0 Å². The molecule has 110 valence electrons. The zero-order valence-electron chi connectivity index (χ0n) is 12.3. The minimum atomic E-state index is -0.293. The van der Waals surface area contributed by atoms with Gasteiger partial charge in [0.1, 0.15) is 5.75 Å². The van der Waals surface area contributed by atoms with Gasteiger partial charge in [-0.3, -0.25) is 4.79 Å². The summed E-state index contributed by atoms with van der Waals surface area (Å²) in [5, 5.41) is 20.5. The van der Waals surface area contributed by atoms with Gasteiger partial charge in [-0.1, -0.05) is 37.3 Å². The van der Waals surface area contributed by atoms with Crippen molar-refractivity contribution in [1.29, 1.82) is 0 Å². The molecule has 0 aliphatic heterocycles. The molecule has 2 rings (SSSR count). The van der Waals surface area contributed by atoms with Gasteiger partial charge in [0, 0.05) is 16.7 Å². The van der Waals surface area contributed by atoms with Crippen LogP contribution in [0.25, 0.3) is 0 Å². The standard InChI is InChI=1S/C17H18O4/c1-4-12-15(19)13(10(2)17(21-3)16(12)20)14(18)11-8-6-5-7-9-11/h5-9,19-20H,4H2,1-3H3. The number of hydrogen-bond acceptors (Lipinski definition) is 4. The van der Waals surface area contributed by atoms with Crippen LogP contribution in [0, 0.1) is 6.92 Å². The van der Waals surface area contributed by atoms with Crippen LogP contribution < -0.4 is 4.74 Å². The summed E-state index contributed by atoms with van der Waals surface area (Å²) in [6.07, 6.45) is 0.392. The summed E-state index contributed by atoms with van der Waals surface area (Å²) >= 11 is 0. The molecule has 0 aromatic heterocycles. The molecular formula is C17H18O4. The number of benzene rings is 2. The zero-order chi connectivity index (χ0) is 15.6. The predicted molar refractivity (Wildman–Crippen MR) is 80.3 cm³/mol. The van der Waals surface area contributed by atoms with Gasteiger partial charge in [0.2, 0.25) is 0 Å². The third-order valence-electron chi connectivity index (χ3n) is 3.56. The van der Waals surface area contributed by atoms with E-state index in [4.69, 9.17) is 4.74 Å². The Hall–Kier alpha value is -2.49. The van der Waals surface area contributed by atoms with Gasteiger partial charge in [-0.25, -0.2) is 0 Å². The van der Waals surface area contributed by atoms with Gasteiger partial charge in [-0.05, 0) is 13.3 Å². The minimum Gasteiger partial charge on any atom is -0.507 e. The van der Waals surface area contributed by atoms with E-state index in [1.54, 1.807) is 38.1 Å². The van der Waals surface area contributed by atoms with Crippen LogP contribution in [0.2, 0.25) is 0 Å². The van der Waals surface area contributed by atoms with E-state index in [1.807, 2.05) is 6.07 Å². The first kappa shape index (κ1) is 14.9. The van der Waals surface area contributed by atoms with Crippen LogP contribution in [-0.2, 0) is 6.42 Å². The van der Waals surface area contributed by atoms with Crippen molar-refractivity contribution in [3.8, 4) is 17.2 Å². The topological polar surface area (TPSA) is 66.8 Å². The highest BCUT2D eigenvalue weighted by molar-refractivity contribution is 6.12. The average molecular weight is 286 g/mol. The summed E-state index contributed by atoms with van der Waals surface area (Å²) in [7, 11) is 1.43. The molecule has 4 heteroatoms. The van der Waals surface area contributed by atoms with Crippen molar-refractivity contribution in [3.05, 3.63) is 52.6 Å². The third-order valence-corrected chi connectivity index (χ3v) is 3.56. The van der Waals surface area contributed by atoms with Crippen molar-refractivity contribution in [1.82, 2.24) is 0 Å². The fraction of sp³-hybridized carbons (Fsp3) is 0.235. The molecule has 0 aliphatic rings. The number of ether oxygens (including phenoxy) is 1. The van der Waals surface area contributed by atoms with E-state index in [-0.39, 0.29) is 28.6 Å². The van der Waals surface area contributed by atoms with E-state index < -0.39 is 0 Å². The van der Waals surface area contributed by atoms with Crippen molar-refractivity contribution in [3.63, 3.8) is 0 Å². The van der Waals surface area contributed by atoms with Crippen LogP contribution in [0.5, 0.6) is 17.2 Å². The van der Waals surface area contributed by atoms with E-state index in [1.165, 1.54) is 7.11 Å². The normalized spacial score (nSPS) is 10.4. The molecule has 0 atom stereocenters. The van der Waals surface area contributed by atoms with Crippen molar-refractivity contribution < 1.29 is 19.7 Å². The lowest BCUT2D eigenvalue weighted by Crippen LogP contribution is -2.07. The van der Waals surface area contributed by atoms with Crippen molar-refractivity contribution in [2.24, 2.45) is 0 Å². The largest absolute Gasteiger partial charge is 0.507 e. The lowest BCUT2D eigenvalue weighted by atomic mass is 9.93. The molecule has 0 heterocycles. The number of phenols is 2.